The van der Waals surface area contributed by atoms with E-state index in [1.54, 1.807) is 0 Å². The molecule has 2 heterocycles. The standard InChI is InChI=1S/C12H24N2/c1-11(2)7-9-13(10-11)14-8-5-6-12(14,3)4/h5-10H2,1-4H3. The molecule has 2 heteroatoms. The van der Waals surface area contributed by atoms with E-state index in [0.717, 1.165) is 0 Å². The molecule has 0 spiro atoms. The van der Waals surface area contributed by atoms with Gasteiger partial charge in [-0.15, -0.1) is 0 Å². The van der Waals surface area contributed by atoms with E-state index in [9.17, 15) is 0 Å². The van der Waals surface area contributed by atoms with Crippen LogP contribution in [0.1, 0.15) is 47.0 Å². The Balaban J connectivity index is 2.03. The lowest BCUT2D eigenvalue weighted by atomic mass is 9.93. The largest absolute Gasteiger partial charge is 0.241 e. The summed E-state index contributed by atoms with van der Waals surface area (Å²) in [5.74, 6) is 0. The first-order valence-electron chi connectivity index (χ1n) is 5.93. The van der Waals surface area contributed by atoms with Crippen LogP contribution in [-0.2, 0) is 0 Å². The SMILES string of the molecule is CC1(C)CCN(N2CCCC2(C)C)C1. The lowest BCUT2D eigenvalue weighted by Gasteiger charge is -2.39. The van der Waals surface area contributed by atoms with E-state index in [4.69, 9.17) is 0 Å². The van der Waals surface area contributed by atoms with Crippen LogP contribution in [0.15, 0.2) is 0 Å². The Labute approximate surface area is 88.2 Å². The van der Waals surface area contributed by atoms with Gasteiger partial charge in [0.25, 0.3) is 0 Å². The minimum absolute atomic E-state index is 0.403. The molecule has 0 saturated carbocycles. The van der Waals surface area contributed by atoms with E-state index in [2.05, 4.69) is 37.7 Å². The van der Waals surface area contributed by atoms with Crippen LogP contribution in [0.5, 0.6) is 0 Å². The predicted octanol–water partition coefficient (Wildman–Crippen LogP) is 2.51. The van der Waals surface area contributed by atoms with Gasteiger partial charge in [0.2, 0.25) is 0 Å². The summed E-state index contributed by atoms with van der Waals surface area (Å²) in [4.78, 5) is 0. The van der Waals surface area contributed by atoms with E-state index < -0.39 is 0 Å². The van der Waals surface area contributed by atoms with Crippen molar-refractivity contribution in [1.29, 1.82) is 0 Å². The first-order chi connectivity index (χ1) is 6.41. The Hall–Kier alpha value is -0.0800. The fraction of sp³-hybridized carbons (Fsp3) is 1.00. The average molecular weight is 196 g/mol. The number of rotatable bonds is 1. The van der Waals surface area contributed by atoms with Gasteiger partial charge >= 0.3 is 0 Å². The number of hydrogen-bond acceptors (Lipinski definition) is 2. The minimum atomic E-state index is 0.403. The highest BCUT2D eigenvalue weighted by molar-refractivity contribution is 4.90. The van der Waals surface area contributed by atoms with Crippen LogP contribution in [0.2, 0.25) is 0 Å². The van der Waals surface area contributed by atoms with Crippen LogP contribution >= 0.6 is 0 Å². The normalized spacial score (nSPS) is 32.6. The van der Waals surface area contributed by atoms with Crippen molar-refractivity contribution in [1.82, 2.24) is 10.0 Å². The minimum Gasteiger partial charge on any atom is -0.241 e. The van der Waals surface area contributed by atoms with Crippen LogP contribution in [0.4, 0.5) is 0 Å². The molecule has 0 unspecified atom stereocenters. The summed E-state index contributed by atoms with van der Waals surface area (Å²) in [5.41, 5.74) is 0.930. The van der Waals surface area contributed by atoms with Gasteiger partial charge in [0, 0.05) is 25.2 Å². The quantitative estimate of drug-likeness (QED) is 0.636. The Bertz CT molecular complexity index is 220. The molecule has 2 saturated heterocycles. The summed E-state index contributed by atoms with van der Waals surface area (Å²) >= 11 is 0. The topological polar surface area (TPSA) is 6.48 Å². The molecule has 0 amide bonds. The second-order valence-electron chi connectivity index (χ2n) is 6.34. The first-order valence-corrected chi connectivity index (χ1v) is 5.93. The van der Waals surface area contributed by atoms with Gasteiger partial charge < -0.3 is 0 Å². The molecule has 0 aromatic carbocycles. The van der Waals surface area contributed by atoms with Crippen molar-refractivity contribution < 1.29 is 0 Å². The van der Waals surface area contributed by atoms with Crippen molar-refractivity contribution in [2.24, 2.45) is 5.41 Å². The van der Waals surface area contributed by atoms with Gasteiger partial charge in [0.05, 0.1) is 0 Å². The van der Waals surface area contributed by atoms with Gasteiger partial charge in [-0.3, -0.25) is 0 Å². The number of hydrazine groups is 1. The maximum Gasteiger partial charge on any atom is 0.0300 e. The summed E-state index contributed by atoms with van der Waals surface area (Å²) in [7, 11) is 0. The Morgan fingerprint density at radius 1 is 0.929 bits per heavy atom. The first kappa shape index (κ1) is 10.4. The van der Waals surface area contributed by atoms with Gasteiger partial charge in [-0.2, -0.15) is 0 Å². The molecule has 2 nitrogen and oxygen atoms in total. The molecule has 0 radical (unpaired) electrons. The van der Waals surface area contributed by atoms with E-state index in [1.807, 2.05) is 0 Å². The number of hydrogen-bond donors (Lipinski definition) is 0. The third-order valence-corrected chi connectivity index (χ3v) is 3.86. The Morgan fingerprint density at radius 3 is 2.07 bits per heavy atom. The second-order valence-corrected chi connectivity index (χ2v) is 6.34. The third kappa shape index (κ3) is 1.82. The van der Waals surface area contributed by atoms with Crippen LogP contribution < -0.4 is 0 Å². The fourth-order valence-electron chi connectivity index (χ4n) is 2.91. The lowest BCUT2D eigenvalue weighted by molar-refractivity contribution is -0.0586. The van der Waals surface area contributed by atoms with Gasteiger partial charge in [-0.1, -0.05) is 13.8 Å². The molecule has 14 heavy (non-hydrogen) atoms. The van der Waals surface area contributed by atoms with Crippen molar-refractivity contribution in [3.63, 3.8) is 0 Å². The summed E-state index contributed by atoms with van der Waals surface area (Å²) in [5, 5.41) is 5.20. The third-order valence-electron chi connectivity index (χ3n) is 3.86. The Morgan fingerprint density at radius 2 is 1.64 bits per heavy atom. The molecule has 0 aromatic heterocycles. The summed E-state index contributed by atoms with van der Waals surface area (Å²) < 4.78 is 0. The summed E-state index contributed by atoms with van der Waals surface area (Å²) in [6.45, 7) is 13.3. The molecule has 2 rings (SSSR count). The highest BCUT2D eigenvalue weighted by Crippen LogP contribution is 2.36. The van der Waals surface area contributed by atoms with Gasteiger partial charge in [0.15, 0.2) is 0 Å². The Kier molecular flexibility index (Phi) is 2.39. The molecule has 2 aliphatic rings. The molecular formula is C12H24N2. The van der Waals surface area contributed by atoms with Crippen LogP contribution in [0.3, 0.4) is 0 Å². The van der Waals surface area contributed by atoms with Crippen LogP contribution in [-0.4, -0.2) is 35.2 Å². The highest BCUT2D eigenvalue weighted by atomic mass is 15.7. The molecule has 0 aliphatic carbocycles. The molecule has 0 N–H and O–H groups in total. The average Bonchev–Trinajstić information content (AvgIpc) is 2.53. The smallest absolute Gasteiger partial charge is 0.0300 e. The molecule has 0 bridgehead atoms. The number of nitrogens with zero attached hydrogens (tertiary/aromatic N) is 2. The van der Waals surface area contributed by atoms with Crippen molar-refractivity contribution in [2.45, 2.75) is 52.5 Å². The lowest BCUT2D eigenvalue weighted by Crippen LogP contribution is -2.49. The van der Waals surface area contributed by atoms with Gasteiger partial charge in [0.1, 0.15) is 0 Å². The molecular weight excluding hydrogens is 172 g/mol. The molecule has 0 aromatic rings. The predicted molar refractivity (Wildman–Crippen MR) is 60.0 cm³/mol. The summed E-state index contributed by atoms with van der Waals surface area (Å²) in [6.07, 6.45) is 4.06. The zero-order valence-electron chi connectivity index (χ0n) is 10.1. The molecule has 82 valence electrons. The van der Waals surface area contributed by atoms with Crippen molar-refractivity contribution >= 4 is 0 Å². The van der Waals surface area contributed by atoms with Gasteiger partial charge in [-0.25, -0.2) is 10.0 Å². The zero-order valence-corrected chi connectivity index (χ0v) is 10.1. The van der Waals surface area contributed by atoms with E-state index in [0.29, 0.717) is 11.0 Å². The maximum absolute atomic E-state index is 2.61. The highest BCUT2D eigenvalue weighted by Gasteiger charge is 2.40. The van der Waals surface area contributed by atoms with Crippen LogP contribution in [0, 0.1) is 5.41 Å². The van der Waals surface area contributed by atoms with E-state index in [-0.39, 0.29) is 0 Å². The molecule has 2 aliphatic heterocycles. The van der Waals surface area contributed by atoms with Crippen molar-refractivity contribution in [3.8, 4) is 0 Å². The molecule has 0 atom stereocenters. The fourth-order valence-corrected chi connectivity index (χ4v) is 2.91. The molecule has 2 fully saturated rings. The monoisotopic (exact) mass is 196 g/mol. The van der Waals surface area contributed by atoms with Crippen molar-refractivity contribution in [3.05, 3.63) is 0 Å². The zero-order chi connectivity index (χ0) is 10.4. The van der Waals surface area contributed by atoms with E-state index in [1.165, 1.54) is 38.9 Å². The second kappa shape index (κ2) is 3.21. The maximum atomic E-state index is 2.61. The summed E-state index contributed by atoms with van der Waals surface area (Å²) in [6, 6.07) is 0. The van der Waals surface area contributed by atoms with E-state index >= 15 is 0 Å². The van der Waals surface area contributed by atoms with Crippen molar-refractivity contribution in [2.75, 3.05) is 19.6 Å². The van der Waals surface area contributed by atoms with Crippen LogP contribution in [0.25, 0.3) is 0 Å². The van der Waals surface area contributed by atoms with Gasteiger partial charge in [-0.05, 0) is 38.5 Å².